The molecule has 0 saturated heterocycles. The number of fused-ring (bicyclic) bond motifs is 1. The molecule has 0 amide bonds. The smallest absolute Gasteiger partial charge is 0.343 e. The predicted octanol–water partition coefficient (Wildman–Crippen LogP) is 3.22. The van der Waals surface area contributed by atoms with Crippen LogP contribution in [0.1, 0.15) is 15.9 Å². The second-order valence-electron chi connectivity index (χ2n) is 5.84. The maximum atomic E-state index is 12.7. The van der Waals surface area contributed by atoms with E-state index >= 15 is 0 Å². The molecule has 0 saturated carbocycles. The van der Waals surface area contributed by atoms with Crippen molar-refractivity contribution >= 4 is 16.9 Å². The van der Waals surface area contributed by atoms with Gasteiger partial charge in [-0.05, 0) is 20.2 Å². The Labute approximate surface area is 138 Å². The van der Waals surface area contributed by atoms with Crippen LogP contribution in [0.2, 0.25) is 0 Å². The maximum Gasteiger partial charge on any atom is 0.343 e. The Balaban J connectivity index is 2.40. The number of carboxylic acids is 1. The van der Waals surface area contributed by atoms with E-state index in [-0.39, 0.29) is 16.7 Å². The summed E-state index contributed by atoms with van der Waals surface area (Å²) in [5, 5.41) is 9.80. The van der Waals surface area contributed by atoms with Gasteiger partial charge in [-0.2, -0.15) is 0 Å². The van der Waals surface area contributed by atoms with Gasteiger partial charge in [-0.3, -0.25) is 4.79 Å². The predicted molar refractivity (Wildman–Crippen MR) is 92.3 cm³/mol. The van der Waals surface area contributed by atoms with Gasteiger partial charge < -0.3 is 14.4 Å². The first-order chi connectivity index (χ1) is 11.5. The van der Waals surface area contributed by atoms with Crippen molar-refractivity contribution in [2.45, 2.75) is 6.54 Å². The molecule has 24 heavy (non-hydrogen) atoms. The van der Waals surface area contributed by atoms with E-state index in [9.17, 15) is 14.7 Å². The van der Waals surface area contributed by atoms with Crippen LogP contribution in [-0.2, 0) is 6.54 Å². The lowest BCUT2D eigenvalue weighted by molar-refractivity contribution is 0.0694. The number of aromatic carboxylic acids is 1. The van der Waals surface area contributed by atoms with Crippen LogP contribution in [-0.4, -0.2) is 30.1 Å². The number of para-hydroxylation sites is 1. The van der Waals surface area contributed by atoms with Crippen molar-refractivity contribution in [1.29, 1.82) is 0 Å². The first-order valence-electron chi connectivity index (χ1n) is 7.51. The summed E-state index contributed by atoms with van der Waals surface area (Å²) in [6.45, 7) is 0.584. The van der Waals surface area contributed by atoms with Crippen LogP contribution in [0.3, 0.4) is 0 Å². The van der Waals surface area contributed by atoms with Gasteiger partial charge in [0.2, 0.25) is 5.43 Å². The summed E-state index contributed by atoms with van der Waals surface area (Å²) in [7, 11) is 3.83. The van der Waals surface area contributed by atoms with Crippen LogP contribution in [0.15, 0.2) is 57.7 Å². The summed E-state index contributed by atoms with van der Waals surface area (Å²) in [6, 6.07) is 14.0. The lowest BCUT2D eigenvalue weighted by atomic mass is 10.0. The number of carbonyl (C=O) groups is 1. The Kier molecular flexibility index (Phi) is 4.18. The van der Waals surface area contributed by atoms with Crippen LogP contribution in [0.4, 0.5) is 0 Å². The number of nitrogens with zero attached hydrogens (tertiary/aromatic N) is 1. The van der Waals surface area contributed by atoms with Gasteiger partial charge in [0.25, 0.3) is 0 Å². The minimum absolute atomic E-state index is 0.0896. The number of hydrogen-bond donors (Lipinski definition) is 1. The largest absolute Gasteiger partial charge is 0.477 e. The van der Waals surface area contributed by atoms with Crippen molar-refractivity contribution < 1.29 is 14.3 Å². The molecule has 0 bridgehead atoms. The number of benzene rings is 2. The van der Waals surface area contributed by atoms with Crippen molar-refractivity contribution in [2.24, 2.45) is 0 Å². The third kappa shape index (κ3) is 2.81. The van der Waals surface area contributed by atoms with Crippen molar-refractivity contribution in [1.82, 2.24) is 4.90 Å². The molecule has 0 spiro atoms. The Morgan fingerprint density at radius 1 is 1.08 bits per heavy atom. The molecule has 3 rings (SSSR count). The highest BCUT2D eigenvalue weighted by Crippen LogP contribution is 2.28. The second kappa shape index (κ2) is 6.29. The maximum absolute atomic E-state index is 12.7. The van der Waals surface area contributed by atoms with Crippen LogP contribution in [0.5, 0.6) is 0 Å². The zero-order chi connectivity index (χ0) is 17.3. The lowest BCUT2D eigenvalue weighted by Crippen LogP contribution is -2.18. The van der Waals surface area contributed by atoms with Crippen molar-refractivity contribution in [3.05, 3.63) is 69.9 Å². The zero-order valence-electron chi connectivity index (χ0n) is 13.4. The van der Waals surface area contributed by atoms with E-state index in [1.54, 1.807) is 36.4 Å². The standard InChI is InChI=1S/C19H17NO4/c1-20(2)11-13-9-6-10-14-16(21)15(19(22)23)18(24-17(13)14)12-7-4-3-5-8-12/h3-10H,11H2,1-2H3,(H,22,23). The SMILES string of the molecule is CN(C)Cc1cccc2c(=O)c(C(=O)O)c(-c3ccccc3)oc12. The summed E-state index contributed by atoms with van der Waals surface area (Å²) in [6.07, 6.45) is 0. The van der Waals surface area contributed by atoms with Crippen molar-refractivity contribution in [3.8, 4) is 11.3 Å². The number of carboxylic acid groups (broad SMARTS) is 1. The first kappa shape index (κ1) is 16.0. The molecule has 1 aromatic heterocycles. The summed E-state index contributed by atoms with van der Waals surface area (Å²) in [5.74, 6) is -1.20. The molecule has 0 unspecified atom stereocenters. The number of rotatable bonds is 4. The van der Waals surface area contributed by atoms with Crippen LogP contribution >= 0.6 is 0 Å². The van der Waals surface area contributed by atoms with E-state index in [1.165, 1.54) is 0 Å². The number of hydrogen-bond acceptors (Lipinski definition) is 4. The Morgan fingerprint density at radius 2 is 1.79 bits per heavy atom. The highest BCUT2D eigenvalue weighted by Gasteiger charge is 2.22. The first-order valence-corrected chi connectivity index (χ1v) is 7.51. The van der Waals surface area contributed by atoms with Gasteiger partial charge in [0.1, 0.15) is 5.58 Å². The third-order valence-electron chi connectivity index (χ3n) is 3.74. The molecule has 1 heterocycles. The average Bonchev–Trinajstić information content (AvgIpc) is 2.55. The Morgan fingerprint density at radius 3 is 2.42 bits per heavy atom. The van der Waals surface area contributed by atoms with Gasteiger partial charge in [0.05, 0.1) is 5.39 Å². The third-order valence-corrected chi connectivity index (χ3v) is 3.74. The van der Waals surface area contributed by atoms with Crippen LogP contribution in [0.25, 0.3) is 22.3 Å². The van der Waals surface area contributed by atoms with E-state index in [1.807, 2.05) is 31.1 Å². The normalized spacial score (nSPS) is 11.1. The van der Waals surface area contributed by atoms with E-state index in [0.717, 1.165) is 5.56 Å². The second-order valence-corrected chi connectivity index (χ2v) is 5.84. The molecule has 5 heteroatoms. The summed E-state index contributed by atoms with van der Waals surface area (Å²) < 4.78 is 5.95. The molecule has 122 valence electrons. The topological polar surface area (TPSA) is 70.8 Å². The van der Waals surface area contributed by atoms with E-state index in [0.29, 0.717) is 17.7 Å². The highest BCUT2D eigenvalue weighted by molar-refractivity contribution is 5.98. The molecule has 3 aromatic rings. The minimum Gasteiger partial charge on any atom is -0.477 e. The van der Waals surface area contributed by atoms with E-state index in [4.69, 9.17) is 4.42 Å². The van der Waals surface area contributed by atoms with Gasteiger partial charge in [0, 0.05) is 17.7 Å². The molecular weight excluding hydrogens is 306 g/mol. The minimum atomic E-state index is -1.29. The van der Waals surface area contributed by atoms with Gasteiger partial charge in [-0.1, -0.05) is 42.5 Å². The molecule has 0 aliphatic carbocycles. The fraction of sp³-hybridized carbons (Fsp3) is 0.158. The molecule has 1 N–H and O–H groups in total. The van der Waals surface area contributed by atoms with Crippen molar-refractivity contribution in [3.63, 3.8) is 0 Å². The van der Waals surface area contributed by atoms with Gasteiger partial charge in [0.15, 0.2) is 11.3 Å². The Bertz CT molecular complexity index is 958. The quantitative estimate of drug-likeness (QED) is 0.798. The molecule has 0 fully saturated rings. The molecule has 5 nitrogen and oxygen atoms in total. The molecule has 0 atom stereocenters. The monoisotopic (exact) mass is 323 g/mol. The highest BCUT2D eigenvalue weighted by atomic mass is 16.4. The van der Waals surface area contributed by atoms with E-state index < -0.39 is 11.4 Å². The van der Waals surface area contributed by atoms with Crippen LogP contribution < -0.4 is 5.43 Å². The molecule has 0 aliphatic heterocycles. The van der Waals surface area contributed by atoms with Crippen molar-refractivity contribution in [2.75, 3.05) is 14.1 Å². The summed E-state index contributed by atoms with van der Waals surface area (Å²) in [5.41, 5.74) is 0.969. The Hall–Kier alpha value is -2.92. The molecule has 2 aromatic carbocycles. The summed E-state index contributed by atoms with van der Waals surface area (Å²) >= 11 is 0. The lowest BCUT2D eigenvalue weighted by Gasteiger charge is -2.13. The zero-order valence-corrected chi connectivity index (χ0v) is 13.4. The fourth-order valence-corrected chi connectivity index (χ4v) is 2.73. The molecular formula is C19H17NO4. The van der Waals surface area contributed by atoms with Gasteiger partial charge in [-0.15, -0.1) is 0 Å². The fourth-order valence-electron chi connectivity index (χ4n) is 2.73. The van der Waals surface area contributed by atoms with Crippen LogP contribution in [0, 0.1) is 0 Å². The molecule has 0 aliphatic rings. The van der Waals surface area contributed by atoms with Gasteiger partial charge in [-0.25, -0.2) is 4.79 Å². The average molecular weight is 323 g/mol. The summed E-state index contributed by atoms with van der Waals surface area (Å²) in [4.78, 5) is 26.4. The van der Waals surface area contributed by atoms with E-state index in [2.05, 4.69) is 0 Å². The molecule has 0 radical (unpaired) electrons. The van der Waals surface area contributed by atoms with Gasteiger partial charge >= 0.3 is 5.97 Å².